The first-order valence-corrected chi connectivity index (χ1v) is 13.2. The minimum atomic E-state index is -0.303. The standard InChI is InChI=1S/C19H23Cl2N3O2.C8H17N/c1-5-22-16-9-13(20)8-14(12(16)4)19(26)23-10-15-17(25)7-11(3)24(6-2)18(15)21;1-9(2)8-6-4-3-5-7-8/h7-9,22H,5-6,10H2,1-4H3,(H,23,26);8H,3-7H2,1-2H3. The van der Waals surface area contributed by atoms with E-state index in [1.165, 1.54) is 38.2 Å². The Bertz CT molecular complexity index is 1060. The number of anilines is 1. The van der Waals surface area contributed by atoms with E-state index >= 15 is 0 Å². The Morgan fingerprint density at radius 3 is 2.29 bits per heavy atom. The van der Waals surface area contributed by atoms with E-state index in [4.69, 9.17) is 23.2 Å². The van der Waals surface area contributed by atoms with Crippen LogP contribution in [0.2, 0.25) is 10.2 Å². The molecule has 0 aliphatic heterocycles. The van der Waals surface area contributed by atoms with Crippen LogP contribution in [0.15, 0.2) is 23.0 Å². The Hall–Kier alpha value is -2.02. The molecular weight excluding hydrogens is 483 g/mol. The van der Waals surface area contributed by atoms with Crippen molar-refractivity contribution in [2.75, 3.05) is 26.0 Å². The first kappa shape index (κ1) is 29.2. The average molecular weight is 524 g/mol. The van der Waals surface area contributed by atoms with Crippen molar-refractivity contribution in [2.24, 2.45) is 0 Å². The van der Waals surface area contributed by atoms with Crippen molar-refractivity contribution < 1.29 is 4.79 Å². The highest BCUT2D eigenvalue weighted by Crippen LogP contribution is 2.25. The Labute approximate surface area is 220 Å². The Balaban J connectivity index is 0.000000402. The predicted molar refractivity (Wildman–Crippen MR) is 148 cm³/mol. The molecule has 2 N–H and O–H groups in total. The van der Waals surface area contributed by atoms with Gasteiger partial charge in [-0.3, -0.25) is 9.59 Å². The Morgan fingerprint density at radius 2 is 1.74 bits per heavy atom. The smallest absolute Gasteiger partial charge is 0.251 e. The number of hydrogen-bond acceptors (Lipinski definition) is 4. The zero-order valence-corrected chi connectivity index (χ0v) is 23.4. The number of pyridine rings is 1. The van der Waals surface area contributed by atoms with Crippen LogP contribution >= 0.6 is 23.2 Å². The van der Waals surface area contributed by atoms with Crippen molar-refractivity contribution >= 4 is 34.8 Å². The molecule has 1 aliphatic carbocycles. The monoisotopic (exact) mass is 522 g/mol. The van der Waals surface area contributed by atoms with E-state index in [0.717, 1.165) is 29.5 Å². The molecule has 3 rings (SSSR count). The summed E-state index contributed by atoms with van der Waals surface area (Å²) < 4.78 is 1.83. The minimum Gasteiger partial charge on any atom is -0.385 e. The summed E-state index contributed by atoms with van der Waals surface area (Å²) in [4.78, 5) is 27.3. The number of nitrogens with zero attached hydrogens (tertiary/aromatic N) is 2. The van der Waals surface area contributed by atoms with Crippen LogP contribution in [-0.4, -0.2) is 42.1 Å². The fraction of sp³-hybridized carbons (Fsp3) is 0.556. The van der Waals surface area contributed by atoms with Gasteiger partial charge in [-0.05, 0) is 72.3 Å². The molecule has 0 unspecified atom stereocenters. The number of carbonyl (C=O) groups excluding carboxylic acids is 1. The first-order valence-electron chi connectivity index (χ1n) is 12.5. The SMILES string of the molecule is CCNc1cc(Cl)cc(C(=O)NCc2c(Cl)n(CC)c(C)cc2=O)c1C.CN(C)C1CCCCC1. The van der Waals surface area contributed by atoms with E-state index in [1.807, 2.05) is 32.3 Å². The predicted octanol–water partition coefficient (Wildman–Crippen LogP) is 6.03. The number of aromatic nitrogens is 1. The van der Waals surface area contributed by atoms with Gasteiger partial charge in [0.1, 0.15) is 5.15 Å². The molecule has 1 fully saturated rings. The maximum atomic E-state index is 12.6. The topological polar surface area (TPSA) is 66.4 Å². The lowest BCUT2D eigenvalue weighted by Gasteiger charge is -2.27. The highest BCUT2D eigenvalue weighted by molar-refractivity contribution is 6.31. The van der Waals surface area contributed by atoms with Gasteiger partial charge in [-0.2, -0.15) is 0 Å². The van der Waals surface area contributed by atoms with Crippen LogP contribution in [0.1, 0.15) is 73.1 Å². The number of amides is 1. The van der Waals surface area contributed by atoms with Gasteiger partial charge >= 0.3 is 0 Å². The second-order valence-corrected chi connectivity index (χ2v) is 10.1. The summed E-state index contributed by atoms with van der Waals surface area (Å²) >= 11 is 12.5. The fourth-order valence-corrected chi connectivity index (χ4v) is 5.10. The number of nitrogens with one attached hydrogen (secondary N) is 2. The molecule has 1 heterocycles. The van der Waals surface area contributed by atoms with Crippen LogP contribution in [-0.2, 0) is 13.1 Å². The molecule has 0 radical (unpaired) electrons. The molecule has 1 aromatic carbocycles. The molecule has 1 aliphatic rings. The van der Waals surface area contributed by atoms with Crippen molar-refractivity contribution in [1.82, 2.24) is 14.8 Å². The van der Waals surface area contributed by atoms with E-state index in [1.54, 1.807) is 12.1 Å². The van der Waals surface area contributed by atoms with Crippen LogP contribution in [0.5, 0.6) is 0 Å². The van der Waals surface area contributed by atoms with E-state index in [-0.39, 0.29) is 17.9 Å². The number of rotatable bonds is 7. The summed E-state index contributed by atoms with van der Waals surface area (Å²) in [7, 11) is 4.38. The number of carbonyl (C=O) groups is 1. The molecule has 2 aromatic rings. The summed E-state index contributed by atoms with van der Waals surface area (Å²) in [6.45, 7) is 9.02. The zero-order chi connectivity index (χ0) is 26.1. The van der Waals surface area contributed by atoms with Gasteiger partial charge in [0.25, 0.3) is 5.91 Å². The van der Waals surface area contributed by atoms with Crippen LogP contribution in [0.25, 0.3) is 0 Å². The summed E-state index contributed by atoms with van der Waals surface area (Å²) in [6.07, 6.45) is 7.20. The average Bonchev–Trinajstić information content (AvgIpc) is 2.82. The molecule has 1 aromatic heterocycles. The zero-order valence-electron chi connectivity index (χ0n) is 21.9. The van der Waals surface area contributed by atoms with Crippen molar-refractivity contribution in [3.05, 3.63) is 61.0 Å². The van der Waals surface area contributed by atoms with Gasteiger partial charge in [0.15, 0.2) is 5.43 Å². The van der Waals surface area contributed by atoms with E-state index in [9.17, 15) is 9.59 Å². The van der Waals surface area contributed by atoms with Crippen molar-refractivity contribution in [2.45, 2.75) is 78.9 Å². The molecule has 6 nitrogen and oxygen atoms in total. The highest BCUT2D eigenvalue weighted by Gasteiger charge is 2.17. The number of hydrogen-bond donors (Lipinski definition) is 2. The molecule has 1 saturated carbocycles. The van der Waals surface area contributed by atoms with Gasteiger partial charge in [-0.25, -0.2) is 0 Å². The second kappa shape index (κ2) is 13.9. The molecule has 8 heteroatoms. The van der Waals surface area contributed by atoms with Gasteiger partial charge in [-0.1, -0.05) is 42.5 Å². The maximum absolute atomic E-state index is 12.6. The minimum absolute atomic E-state index is 0.0548. The summed E-state index contributed by atoms with van der Waals surface area (Å²) in [5, 5.41) is 6.79. The summed E-state index contributed by atoms with van der Waals surface area (Å²) in [5.74, 6) is -0.303. The van der Waals surface area contributed by atoms with E-state index < -0.39 is 0 Å². The largest absolute Gasteiger partial charge is 0.385 e. The van der Waals surface area contributed by atoms with Crippen LogP contribution in [0.3, 0.4) is 0 Å². The lowest BCUT2D eigenvalue weighted by atomic mass is 9.95. The van der Waals surface area contributed by atoms with Gasteiger partial charge < -0.3 is 20.1 Å². The third-order valence-corrected chi connectivity index (χ3v) is 7.23. The van der Waals surface area contributed by atoms with Gasteiger partial charge in [0.2, 0.25) is 0 Å². The van der Waals surface area contributed by atoms with Crippen LogP contribution < -0.4 is 16.1 Å². The normalized spacial score (nSPS) is 13.9. The quantitative estimate of drug-likeness (QED) is 0.435. The van der Waals surface area contributed by atoms with Gasteiger partial charge in [0, 0.05) is 53.7 Å². The van der Waals surface area contributed by atoms with Crippen molar-refractivity contribution in [3.8, 4) is 0 Å². The molecule has 1 amide bonds. The fourth-order valence-electron chi connectivity index (χ4n) is 4.47. The van der Waals surface area contributed by atoms with Gasteiger partial charge in [-0.15, -0.1) is 0 Å². The lowest BCUT2D eigenvalue weighted by molar-refractivity contribution is 0.0950. The maximum Gasteiger partial charge on any atom is 0.251 e. The van der Waals surface area contributed by atoms with Crippen molar-refractivity contribution in [1.29, 1.82) is 0 Å². The number of aryl methyl sites for hydroxylation is 1. The Kier molecular flexibility index (Phi) is 11.6. The molecular formula is C27H40Cl2N4O2. The first-order chi connectivity index (χ1) is 16.6. The molecule has 0 atom stereocenters. The molecule has 194 valence electrons. The second-order valence-electron chi connectivity index (χ2n) is 9.26. The molecule has 0 saturated heterocycles. The van der Waals surface area contributed by atoms with E-state index in [0.29, 0.717) is 27.8 Å². The molecule has 0 spiro atoms. The number of halogens is 2. The molecule has 35 heavy (non-hydrogen) atoms. The third-order valence-electron chi connectivity index (χ3n) is 6.58. The highest BCUT2D eigenvalue weighted by atomic mass is 35.5. The lowest BCUT2D eigenvalue weighted by Crippen LogP contribution is -2.29. The Morgan fingerprint density at radius 1 is 1.09 bits per heavy atom. The van der Waals surface area contributed by atoms with Crippen LogP contribution in [0, 0.1) is 13.8 Å². The van der Waals surface area contributed by atoms with E-state index in [2.05, 4.69) is 29.6 Å². The summed E-state index contributed by atoms with van der Waals surface area (Å²) in [6, 6.07) is 5.83. The van der Waals surface area contributed by atoms with Crippen molar-refractivity contribution in [3.63, 3.8) is 0 Å². The third kappa shape index (κ3) is 7.99. The molecule has 0 bridgehead atoms. The summed E-state index contributed by atoms with van der Waals surface area (Å²) in [5.41, 5.74) is 3.06. The van der Waals surface area contributed by atoms with Crippen LogP contribution in [0.4, 0.5) is 5.69 Å². The van der Waals surface area contributed by atoms with Gasteiger partial charge in [0.05, 0.1) is 5.56 Å². The number of benzene rings is 1.